The number of amides is 1. The van der Waals surface area contributed by atoms with Gasteiger partial charge in [0.2, 0.25) is 0 Å². The molecule has 116 valence electrons. The van der Waals surface area contributed by atoms with Crippen molar-refractivity contribution in [3.8, 4) is 0 Å². The molecule has 1 aliphatic rings. The molecule has 1 aromatic heterocycles. The average Bonchev–Trinajstić information content (AvgIpc) is 2.82. The predicted octanol–water partition coefficient (Wildman–Crippen LogP) is 2.77. The summed E-state index contributed by atoms with van der Waals surface area (Å²) in [5.74, 6) is -0.962. The lowest BCUT2D eigenvalue weighted by atomic mass is 10.0. The maximum Gasteiger partial charge on any atom is 0.337 e. The number of aromatic carboxylic acids is 1. The summed E-state index contributed by atoms with van der Waals surface area (Å²) in [6, 6.07) is 5.30. The van der Waals surface area contributed by atoms with Crippen molar-refractivity contribution in [3.05, 3.63) is 35.0 Å². The number of benzene rings is 1. The molecule has 1 N–H and O–H groups in total. The van der Waals surface area contributed by atoms with E-state index in [0.717, 1.165) is 36.8 Å². The van der Waals surface area contributed by atoms with E-state index in [1.807, 2.05) is 24.6 Å². The van der Waals surface area contributed by atoms with Crippen molar-refractivity contribution in [2.24, 2.45) is 0 Å². The molecule has 2 heterocycles. The zero-order valence-electron chi connectivity index (χ0n) is 12.9. The molecular formula is C17H20N2O3. The highest BCUT2D eigenvalue weighted by molar-refractivity contribution is 6.08. The van der Waals surface area contributed by atoms with Gasteiger partial charge in [-0.25, -0.2) is 4.79 Å². The molecule has 0 aliphatic carbocycles. The first kappa shape index (κ1) is 14.6. The monoisotopic (exact) mass is 300 g/mol. The Labute approximate surface area is 129 Å². The van der Waals surface area contributed by atoms with E-state index in [2.05, 4.69) is 0 Å². The molecular weight excluding hydrogens is 280 g/mol. The minimum Gasteiger partial charge on any atom is -0.478 e. The van der Waals surface area contributed by atoms with Crippen LogP contribution in [0.3, 0.4) is 0 Å². The Kier molecular flexibility index (Phi) is 3.64. The Morgan fingerprint density at radius 2 is 2.09 bits per heavy atom. The molecule has 0 atom stereocenters. The first-order valence-corrected chi connectivity index (χ1v) is 7.69. The fourth-order valence-electron chi connectivity index (χ4n) is 3.40. The van der Waals surface area contributed by atoms with Crippen LogP contribution < -0.4 is 0 Å². The van der Waals surface area contributed by atoms with Crippen molar-refractivity contribution >= 4 is 22.8 Å². The number of para-hydroxylation sites is 1. The lowest BCUT2D eigenvalue weighted by Crippen LogP contribution is -2.31. The number of aryl methyl sites for hydroxylation is 2. The Hall–Kier alpha value is -2.30. The summed E-state index contributed by atoms with van der Waals surface area (Å²) in [4.78, 5) is 26.1. The molecule has 2 aromatic rings. The van der Waals surface area contributed by atoms with Gasteiger partial charge in [0.05, 0.1) is 11.1 Å². The van der Waals surface area contributed by atoms with E-state index in [1.54, 1.807) is 17.0 Å². The van der Waals surface area contributed by atoms with Gasteiger partial charge in [0, 0.05) is 25.5 Å². The maximum absolute atomic E-state index is 12.8. The van der Waals surface area contributed by atoms with Crippen LogP contribution in [0.2, 0.25) is 0 Å². The number of hydrogen-bond acceptors (Lipinski definition) is 2. The van der Waals surface area contributed by atoms with Crippen molar-refractivity contribution in [2.45, 2.75) is 32.7 Å². The minimum atomic E-state index is -0.952. The topological polar surface area (TPSA) is 62.5 Å². The minimum absolute atomic E-state index is 0.0101. The molecule has 5 nitrogen and oxygen atoms in total. The fraction of sp³-hybridized carbons (Fsp3) is 0.412. The van der Waals surface area contributed by atoms with E-state index in [9.17, 15) is 14.7 Å². The number of carbonyl (C=O) groups excluding carboxylic acids is 1. The van der Waals surface area contributed by atoms with Gasteiger partial charge in [-0.1, -0.05) is 12.1 Å². The molecule has 0 fully saturated rings. The van der Waals surface area contributed by atoms with Crippen LogP contribution in [0, 0.1) is 0 Å². The summed E-state index contributed by atoms with van der Waals surface area (Å²) in [6.07, 6.45) is 2.80. The Balaban J connectivity index is 2.40. The van der Waals surface area contributed by atoms with Crippen molar-refractivity contribution in [1.29, 1.82) is 0 Å². The lowest BCUT2D eigenvalue weighted by molar-refractivity contribution is 0.0696. The normalized spacial score (nSPS) is 15.5. The summed E-state index contributed by atoms with van der Waals surface area (Å²) >= 11 is 0. The Bertz CT molecular complexity index is 761. The SMILES string of the molecule is CCn1c2c(c3cccc(C(=O)O)c31)CCCCN(C)C2=O. The molecule has 1 aliphatic heterocycles. The molecule has 0 radical (unpaired) electrons. The second-order valence-corrected chi connectivity index (χ2v) is 5.76. The van der Waals surface area contributed by atoms with Crippen LogP contribution in [-0.4, -0.2) is 40.0 Å². The third kappa shape index (κ3) is 2.08. The number of carbonyl (C=O) groups is 2. The van der Waals surface area contributed by atoms with E-state index in [0.29, 0.717) is 17.8 Å². The van der Waals surface area contributed by atoms with Gasteiger partial charge in [0.1, 0.15) is 5.69 Å². The van der Waals surface area contributed by atoms with E-state index in [1.165, 1.54) is 0 Å². The number of carboxylic acid groups (broad SMARTS) is 1. The number of fused-ring (bicyclic) bond motifs is 3. The van der Waals surface area contributed by atoms with Crippen molar-refractivity contribution in [2.75, 3.05) is 13.6 Å². The van der Waals surface area contributed by atoms with Gasteiger partial charge in [-0.2, -0.15) is 0 Å². The van der Waals surface area contributed by atoms with Gasteiger partial charge in [-0.3, -0.25) is 4.79 Å². The predicted molar refractivity (Wildman–Crippen MR) is 84.5 cm³/mol. The van der Waals surface area contributed by atoms with E-state index in [-0.39, 0.29) is 11.5 Å². The molecule has 0 unspecified atom stereocenters. The summed E-state index contributed by atoms with van der Waals surface area (Å²) in [5.41, 5.74) is 2.60. The van der Waals surface area contributed by atoms with E-state index < -0.39 is 5.97 Å². The summed E-state index contributed by atoms with van der Waals surface area (Å²) in [6.45, 7) is 3.27. The first-order chi connectivity index (χ1) is 10.6. The van der Waals surface area contributed by atoms with Crippen molar-refractivity contribution < 1.29 is 14.7 Å². The second-order valence-electron chi connectivity index (χ2n) is 5.76. The lowest BCUT2D eigenvalue weighted by Gasteiger charge is -2.22. The van der Waals surface area contributed by atoms with Crippen molar-refractivity contribution in [1.82, 2.24) is 9.47 Å². The highest BCUT2D eigenvalue weighted by Gasteiger charge is 2.27. The molecule has 22 heavy (non-hydrogen) atoms. The third-order valence-electron chi connectivity index (χ3n) is 4.45. The number of aromatic nitrogens is 1. The molecule has 0 saturated carbocycles. The summed E-state index contributed by atoms with van der Waals surface area (Å²) < 4.78 is 1.87. The molecule has 3 rings (SSSR count). The molecule has 1 amide bonds. The highest BCUT2D eigenvalue weighted by atomic mass is 16.4. The average molecular weight is 300 g/mol. The number of hydrogen-bond donors (Lipinski definition) is 1. The number of nitrogens with zero attached hydrogens (tertiary/aromatic N) is 2. The standard InChI is InChI=1S/C17H20N2O3/c1-3-19-14-11(8-6-9-13(14)17(21)22)12-7-4-5-10-18(2)16(20)15(12)19/h6,8-9H,3-5,7,10H2,1-2H3,(H,21,22). The van der Waals surface area contributed by atoms with Crippen LogP contribution in [0.1, 0.15) is 46.2 Å². The largest absolute Gasteiger partial charge is 0.478 e. The van der Waals surface area contributed by atoms with Crippen LogP contribution in [0.5, 0.6) is 0 Å². The van der Waals surface area contributed by atoms with Crippen LogP contribution in [0.15, 0.2) is 18.2 Å². The smallest absolute Gasteiger partial charge is 0.337 e. The van der Waals surface area contributed by atoms with Gasteiger partial charge in [-0.05, 0) is 37.8 Å². The Morgan fingerprint density at radius 3 is 2.77 bits per heavy atom. The van der Waals surface area contributed by atoms with Gasteiger partial charge < -0.3 is 14.6 Å². The molecule has 0 saturated heterocycles. The molecule has 1 aromatic carbocycles. The zero-order chi connectivity index (χ0) is 15.9. The maximum atomic E-state index is 12.8. The van der Waals surface area contributed by atoms with Gasteiger partial charge in [0.15, 0.2) is 0 Å². The first-order valence-electron chi connectivity index (χ1n) is 7.69. The second kappa shape index (κ2) is 5.48. The van der Waals surface area contributed by atoms with Gasteiger partial charge >= 0.3 is 5.97 Å². The van der Waals surface area contributed by atoms with E-state index >= 15 is 0 Å². The molecule has 5 heteroatoms. The van der Waals surface area contributed by atoms with Gasteiger partial charge in [-0.15, -0.1) is 0 Å². The fourth-order valence-corrected chi connectivity index (χ4v) is 3.40. The highest BCUT2D eigenvalue weighted by Crippen LogP contribution is 2.32. The van der Waals surface area contributed by atoms with Crippen LogP contribution in [-0.2, 0) is 13.0 Å². The molecule has 0 bridgehead atoms. The molecule has 0 spiro atoms. The summed E-state index contributed by atoms with van der Waals surface area (Å²) in [5, 5.41) is 10.4. The number of rotatable bonds is 2. The van der Waals surface area contributed by atoms with Crippen LogP contribution in [0.4, 0.5) is 0 Å². The van der Waals surface area contributed by atoms with Crippen LogP contribution in [0.25, 0.3) is 10.9 Å². The van der Waals surface area contributed by atoms with Gasteiger partial charge in [0.25, 0.3) is 5.91 Å². The number of carboxylic acids is 1. The summed E-state index contributed by atoms with van der Waals surface area (Å²) in [7, 11) is 1.81. The third-order valence-corrected chi connectivity index (χ3v) is 4.45. The Morgan fingerprint density at radius 1 is 1.32 bits per heavy atom. The quantitative estimate of drug-likeness (QED) is 0.927. The van der Waals surface area contributed by atoms with Crippen LogP contribution >= 0.6 is 0 Å². The van der Waals surface area contributed by atoms with E-state index in [4.69, 9.17) is 0 Å². The zero-order valence-corrected chi connectivity index (χ0v) is 12.9. The van der Waals surface area contributed by atoms with Crippen molar-refractivity contribution in [3.63, 3.8) is 0 Å².